The van der Waals surface area contributed by atoms with Crippen LogP contribution in [0.25, 0.3) is 11.3 Å². The summed E-state index contributed by atoms with van der Waals surface area (Å²) >= 11 is 6.79. The zero-order valence-electron chi connectivity index (χ0n) is 21.4. The Morgan fingerprint density at radius 2 is 1.76 bits per heavy atom. The fourth-order valence-corrected chi connectivity index (χ4v) is 6.66. The van der Waals surface area contributed by atoms with Crippen LogP contribution in [0, 0.1) is 22.5 Å². The zero-order chi connectivity index (χ0) is 26.3. The second-order valence-electron chi connectivity index (χ2n) is 11.8. The number of halogens is 3. The third-order valence-electron chi connectivity index (χ3n) is 8.50. The average molecular weight is 521 g/mol. The topological polar surface area (TPSA) is 76.3 Å². The van der Waals surface area contributed by atoms with Crippen LogP contribution in [0.1, 0.15) is 82.6 Å². The van der Waals surface area contributed by atoms with Gasteiger partial charge in [-0.05, 0) is 47.9 Å². The molecule has 2 atom stereocenters. The van der Waals surface area contributed by atoms with Crippen molar-refractivity contribution in [1.29, 1.82) is 0 Å². The van der Waals surface area contributed by atoms with Crippen molar-refractivity contribution < 1.29 is 8.78 Å². The molecule has 1 fully saturated rings. The number of fused-ring (bicyclic) bond motifs is 5. The Hall–Kier alpha value is -3.13. The zero-order valence-corrected chi connectivity index (χ0v) is 22.2. The van der Waals surface area contributed by atoms with Crippen LogP contribution in [0.5, 0.6) is 0 Å². The van der Waals surface area contributed by atoms with Gasteiger partial charge in [-0.2, -0.15) is 15.3 Å². The number of hydrogen-bond acceptors (Lipinski definition) is 6. The van der Waals surface area contributed by atoms with Gasteiger partial charge in [0.1, 0.15) is 17.3 Å². The van der Waals surface area contributed by atoms with Crippen LogP contribution in [-0.4, -0.2) is 31.6 Å². The third-order valence-corrected chi connectivity index (χ3v) is 8.78. The molecule has 37 heavy (non-hydrogen) atoms. The summed E-state index contributed by atoms with van der Waals surface area (Å²) in [4.78, 5) is 9.49. The van der Waals surface area contributed by atoms with Crippen molar-refractivity contribution in [1.82, 2.24) is 20.2 Å². The Morgan fingerprint density at radius 1 is 1.03 bits per heavy atom. The molecule has 0 radical (unpaired) electrons. The molecule has 190 valence electrons. The van der Waals surface area contributed by atoms with E-state index in [4.69, 9.17) is 16.6 Å². The molecule has 2 aromatic heterocycles. The number of benzene rings is 1. The normalized spacial score (nSPS) is 23.7. The van der Waals surface area contributed by atoms with E-state index in [-0.39, 0.29) is 28.0 Å². The number of rotatable bonds is 3. The molecule has 3 aliphatic rings. The van der Waals surface area contributed by atoms with Gasteiger partial charge in [0, 0.05) is 18.0 Å². The minimum absolute atomic E-state index is 0.102. The summed E-state index contributed by atoms with van der Waals surface area (Å²) in [5, 5.41) is 18.1. The largest absolute Gasteiger partial charge is 0.234 e. The van der Waals surface area contributed by atoms with Crippen LogP contribution in [0.15, 0.2) is 40.7 Å². The molecule has 0 saturated heterocycles. The summed E-state index contributed by atoms with van der Waals surface area (Å²) in [5.74, 6) is -0.712. The maximum atomic E-state index is 14.6. The molecule has 3 aromatic rings. The number of nitrogens with zero attached hydrogens (tertiary/aromatic N) is 6. The van der Waals surface area contributed by atoms with Gasteiger partial charge in [0.25, 0.3) is 0 Å². The molecule has 1 aromatic carbocycles. The predicted octanol–water partition coefficient (Wildman–Crippen LogP) is 6.66. The van der Waals surface area contributed by atoms with E-state index >= 15 is 0 Å². The monoisotopic (exact) mass is 520 g/mol. The van der Waals surface area contributed by atoms with Crippen LogP contribution >= 0.6 is 11.6 Å². The van der Waals surface area contributed by atoms with Crippen molar-refractivity contribution >= 4 is 23.0 Å². The molecule has 0 spiro atoms. The van der Waals surface area contributed by atoms with E-state index in [2.05, 4.69) is 60.0 Å². The molecular weight excluding hydrogens is 494 g/mol. The van der Waals surface area contributed by atoms with Gasteiger partial charge in [0.2, 0.25) is 0 Å². The third kappa shape index (κ3) is 3.34. The SMILES string of the molecule is CC(C)(C)C1=NN=C(c2ncc(Cl)c([C@@]34CC[C@@H](c5cc(-c6c(F)cccc6F)nnc53)C4(C)C)n2)C1. The lowest BCUT2D eigenvalue weighted by molar-refractivity contribution is 0.242. The molecule has 1 saturated carbocycles. The average Bonchev–Trinajstić information content (AvgIpc) is 3.48. The summed E-state index contributed by atoms with van der Waals surface area (Å²) < 4.78 is 29.1. The highest BCUT2D eigenvalue weighted by molar-refractivity contribution is 6.31. The van der Waals surface area contributed by atoms with Crippen molar-refractivity contribution in [3.63, 3.8) is 0 Å². The smallest absolute Gasteiger partial charge is 0.176 e. The molecule has 0 unspecified atom stereocenters. The molecule has 0 amide bonds. The fourth-order valence-electron chi connectivity index (χ4n) is 6.41. The van der Waals surface area contributed by atoms with E-state index in [0.717, 1.165) is 29.8 Å². The quantitative estimate of drug-likeness (QED) is 0.387. The minimum atomic E-state index is -0.663. The molecule has 2 aliphatic carbocycles. The maximum Gasteiger partial charge on any atom is 0.176 e. The first-order valence-electron chi connectivity index (χ1n) is 12.4. The van der Waals surface area contributed by atoms with Gasteiger partial charge in [0.05, 0.1) is 38.8 Å². The summed E-state index contributed by atoms with van der Waals surface area (Å²) in [6.45, 7) is 10.7. The van der Waals surface area contributed by atoms with E-state index in [1.54, 1.807) is 12.3 Å². The summed E-state index contributed by atoms with van der Waals surface area (Å²) in [5.41, 5.74) is 3.08. The molecule has 9 heteroatoms. The Morgan fingerprint density at radius 3 is 2.43 bits per heavy atom. The lowest BCUT2D eigenvalue weighted by atomic mass is 9.66. The molecule has 0 N–H and O–H groups in total. The van der Waals surface area contributed by atoms with Crippen LogP contribution in [0.4, 0.5) is 8.78 Å². The van der Waals surface area contributed by atoms with Gasteiger partial charge in [-0.3, -0.25) is 0 Å². The molecular formula is C28H27ClF2N6. The Labute approximate surface area is 219 Å². The number of aromatic nitrogens is 4. The fraction of sp³-hybridized carbons (Fsp3) is 0.429. The first kappa shape index (κ1) is 24.2. The first-order chi connectivity index (χ1) is 17.4. The second kappa shape index (κ2) is 7.93. The van der Waals surface area contributed by atoms with Crippen LogP contribution in [-0.2, 0) is 5.41 Å². The Balaban J connectivity index is 1.47. The summed E-state index contributed by atoms with van der Waals surface area (Å²) in [6.07, 6.45) is 3.87. The van der Waals surface area contributed by atoms with E-state index < -0.39 is 17.0 Å². The van der Waals surface area contributed by atoms with Gasteiger partial charge < -0.3 is 0 Å². The minimum Gasteiger partial charge on any atom is -0.234 e. The lowest BCUT2D eigenvalue weighted by Gasteiger charge is -2.37. The lowest BCUT2D eigenvalue weighted by Crippen LogP contribution is -2.38. The highest BCUT2D eigenvalue weighted by Crippen LogP contribution is 2.70. The molecule has 3 heterocycles. The van der Waals surface area contributed by atoms with Gasteiger partial charge in [-0.1, -0.05) is 52.3 Å². The number of hydrogen-bond donors (Lipinski definition) is 0. The van der Waals surface area contributed by atoms with Crippen LogP contribution in [0.3, 0.4) is 0 Å². The van der Waals surface area contributed by atoms with Crippen LogP contribution < -0.4 is 0 Å². The van der Waals surface area contributed by atoms with Gasteiger partial charge >= 0.3 is 0 Å². The van der Waals surface area contributed by atoms with Crippen molar-refractivity contribution in [2.24, 2.45) is 21.0 Å². The first-order valence-corrected chi connectivity index (χ1v) is 12.8. The van der Waals surface area contributed by atoms with E-state index in [9.17, 15) is 8.78 Å². The van der Waals surface area contributed by atoms with E-state index in [1.165, 1.54) is 18.2 Å². The maximum absolute atomic E-state index is 14.6. The summed E-state index contributed by atoms with van der Waals surface area (Å²) in [7, 11) is 0. The Kier molecular flexibility index (Phi) is 5.19. The van der Waals surface area contributed by atoms with Crippen LogP contribution in [0.2, 0.25) is 5.02 Å². The van der Waals surface area contributed by atoms with Crippen molar-refractivity contribution in [2.75, 3.05) is 0 Å². The van der Waals surface area contributed by atoms with Crippen molar-refractivity contribution in [3.8, 4) is 11.3 Å². The standard InChI is InChI=1S/C28H27ClF2N6/c1-26(2,3)21-12-20(35-36-21)25-32-13-16(29)24(33-25)28-10-9-15(27(28,4)5)14-11-19(34-37-23(14)28)22-17(30)7-6-8-18(22)31/h6-8,11,13,15H,9-10,12H2,1-5H3/t15-,28+/m0/s1. The van der Waals surface area contributed by atoms with E-state index in [0.29, 0.717) is 28.7 Å². The van der Waals surface area contributed by atoms with Crippen molar-refractivity contribution in [2.45, 2.75) is 65.2 Å². The van der Waals surface area contributed by atoms with Gasteiger partial charge in [0.15, 0.2) is 5.82 Å². The molecule has 6 nitrogen and oxygen atoms in total. The Bertz CT molecular complexity index is 1500. The highest BCUT2D eigenvalue weighted by atomic mass is 35.5. The van der Waals surface area contributed by atoms with Gasteiger partial charge in [-0.25, -0.2) is 18.7 Å². The molecule has 6 rings (SSSR count). The second-order valence-corrected chi connectivity index (χ2v) is 12.2. The van der Waals surface area contributed by atoms with Gasteiger partial charge in [-0.15, -0.1) is 5.10 Å². The molecule has 1 aliphatic heterocycles. The highest BCUT2D eigenvalue weighted by Gasteiger charge is 2.65. The predicted molar refractivity (Wildman–Crippen MR) is 139 cm³/mol. The summed E-state index contributed by atoms with van der Waals surface area (Å²) in [6, 6.07) is 5.59. The van der Waals surface area contributed by atoms with E-state index in [1.807, 2.05) is 0 Å². The van der Waals surface area contributed by atoms with Crippen molar-refractivity contribution in [3.05, 3.63) is 69.9 Å². The molecule has 2 bridgehead atoms.